The van der Waals surface area contributed by atoms with Crippen LogP contribution in [-0.4, -0.2) is 46.2 Å². The lowest BCUT2D eigenvalue weighted by molar-refractivity contribution is -0.118. The summed E-state index contributed by atoms with van der Waals surface area (Å²) in [5.41, 5.74) is 3.46. The number of ether oxygens (including phenoxy) is 1. The summed E-state index contributed by atoms with van der Waals surface area (Å²) < 4.78 is 5.39. The van der Waals surface area contributed by atoms with Gasteiger partial charge in [0.05, 0.1) is 13.2 Å². The van der Waals surface area contributed by atoms with Gasteiger partial charge >= 0.3 is 0 Å². The van der Waals surface area contributed by atoms with E-state index in [0.717, 1.165) is 37.6 Å². The summed E-state index contributed by atoms with van der Waals surface area (Å²) in [4.78, 5) is 16.1. The van der Waals surface area contributed by atoms with Crippen LogP contribution >= 0.6 is 0 Å². The van der Waals surface area contributed by atoms with Gasteiger partial charge in [0.15, 0.2) is 0 Å². The second-order valence-corrected chi connectivity index (χ2v) is 5.38. The summed E-state index contributed by atoms with van der Waals surface area (Å²) >= 11 is 0. The molecule has 0 saturated carbocycles. The second-order valence-electron chi connectivity index (χ2n) is 5.38. The zero-order valence-electron chi connectivity index (χ0n) is 12.7. The Morgan fingerprint density at radius 2 is 2.00 bits per heavy atom. The number of carbonyl (C=O) groups excluding carboxylic acids is 1. The van der Waals surface area contributed by atoms with Crippen LogP contribution in [0.15, 0.2) is 18.2 Å². The van der Waals surface area contributed by atoms with Crippen LogP contribution in [0.4, 0.5) is 11.4 Å². The van der Waals surface area contributed by atoms with E-state index in [1.54, 1.807) is 0 Å². The summed E-state index contributed by atoms with van der Waals surface area (Å²) in [6.45, 7) is 5.35. The monoisotopic (exact) mass is 276 g/mol. The van der Waals surface area contributed by atoms with Crippen molar-refractivity contribution in [2.75, 3.05) is 50.2 Å². The molecule has 0 bridgehead atoms. The van der Waals surface area contributed by atoms with Crippen molar-refractivity contribution in [1.82, 2.24) is 0 Å². The zero-order valence-corrected chi connectivity index (χ0v) is 12.7. The smallest absolute Gasteiger partial charge is 0.137 e. The van der Waals surface area contributed by atoms with Crippen LogP contribution in [0.1, 0.15) is 18.9 Å². The highest BCUT2D eigenvalue weighted by molar-refractivity contribution is 5.83. The predicted octanol–water partition coefficient (Wildman–Crippen LogP) is 2.11. The first-order valence-corrected chi connectivity index (χ1v) is 7.26. The molecule has 20 heavy (non-hydrogen) atoms. The Morgan fingerprint density at radius 3 is 2.60 bits per heavy atom. The third-order valence-corrected chi connectivity index (χ3v) is 3.71. The van der Waals surface area contributed by atoms with Gasteiger partial charge in [-0.25, -0.2) is 0 Å². The van der Waals surface area contributed by atoms with Crippen molar-refractivity contribution in [1.29, 1.82) is 0 Å². The normalized spacial score (nSPS) is 15.2. The average Bonchev–Trinajstić information content (AvgIpc) is 2.48. The quantitative estimate of drug-likeness (QED) is 0.824. The van der Waals surface area contributed by atoms with Crippen molar-refractivity contribution in [3.8, 4) is 0 Å². The van der Waals surface area contributed by atoms with E-state index in [4.69, 9.17) is 4.74 Å². The highest BCUT2D eigenvalue weighted by Crippen LogP contribution is 2.27. The third-order valence-electron chi connectivity index (χ3n) is 3.71. The van der Waals surface area contributed by atoms with Gasteiger partial charge in [-0.3, -0.25) is 4.79 Å². The molecule has 0 aromatic heterocycles. The lowest BCUT2D eigenvalue weighted by atomic mass is 10.0. The number of benzene rings is 1. The molecule has 4 heteroatoms. The maximum absolute atomic E-state index is 11.7. The molecular weight excluding hydrogens is 252 g/mol. The number of rotatable bonds is 5. The van der Waals surface area contributed by atoms with Crippen molar-refractivity contribution in [3.63, 3.8) is 0 Å². The Morgan fingerprint density at radius 1 is 1.30 bits per heavy atom. The van der Waals surface area contributed by atoms with Gasteiger partial charge in [0, 0.05) is 51.4 Å². The number of ketones is 1. The van der Waals surface area contributed by atoms with Gasteiger partial charge in [-0.1, -0.05) is 13.0 Å². The number of morpholine rings is 1. The molecular formula is C16H24N2O2. The molecule has 0 atom stereocenters. The molecule has 2 rings (SSSR count). The van der Waals surface area contributed by atoms with E-state index >= 15 is 0 Å². The fraction of sp³-hybridized carbons (Fsp3) is 0.562. The molecule has 1 aliphatic heterocycles. The van der Waals surface area contributed by atoms with E-state index < -0.39 is 0 Å². The summed E-state index contributed by atoms with van der Waals surface area (Å²) in [7, 11) is 4.05. The van der Waals surface area contributed by atoms with Crippen molar-refractivity contribution >= 4 is 17.2 Å². The molecule has 1 saturated heterocycles. The maximum atomic E-state index is 11.7. The number of hydrogen-bond donors (Lipinski definition) is 0. The average molecular weight is 276 g/mol. The van der Waals surface area contributed by atoms with Gasteiger partial charge in [0.2, 0.25) is 0 Å². The van der Waals surface area contributed by atoms with E-state index in [9.17, 15) is 4.79 Å². The Hall–Kier alpha value is -1.55. The first-order chi connectivity index (χ1) is 9.61. The molecule has 0 radical (unpaired) electrons. The Kier molecular flexibility index (Phi) is 5.01. The van der Waals surface area contributed by atoms with E-state index in [1.807, 2.05) is 21.0 Å². The van der Waals surface area contributed by atoms with Crippen LogP contribution in [0.2, 0.25) is 0 Å². The van der Waals surface area contributed by atoms with E-state index in [-0.39, 0.29) is 5.78 Å². The van der Waals surface area contributed by atoms with Gasteiger partial charge in [-0.15, -0.1) is 0 Å². The van der Waals surface area contributed by atoms with Crippen LogP contribution in [0.25, 0.3) is 0 Å². The molecule has 1 aliphatic rings. The minimum absolute atomic E-state index is 0.284. The molecule has 1 heterocycles. The molecule has 0 aliphatic carbocycles. The van der Waals surface area contributed by atoms with Crippen LogP contribution in [0, 0.1) is 0 Å². The minimum atomic E-state index is 0.284. The van der Waals surface area contributed by atoms with E-state index in [2.05, 4.69) is 28.0 Å². The molecule has 110 valence electrons. The number of Topliss-reactive ketones (excluding diaryl/α,β-unsaturated/α-hetero) is 1. The van der Waals surface area contributed by atoms with Crippen LogP contribution in [-0.2, 0) is 16.0 Å². The Labute approximate surface area is 121 Å². The van der Waals surface area contributed by atoms with Crippen LogP contribution in [0.3, 0.4) is 0 Å². The van der Waals surface area contributed by atoms with Gasteiger partial charge in [-0.2, -0.15) is 0 Å². The lowest BCUT2D eigenvalue weighted by Crippen LogP contribution is -2.36. The summed E-state index contributed by atoms with van der Waals surface area (Å²) in [6.07, 6.45) is 1.12. The van der Waals surface area contributed by atoms with E-state index in [1.165, 1.54) is 5.69 Å². The molecule has 1 aromatic rings. The van der Waals surface area contributed by atoms with Crippen LogP contribution in [0.5, 0.6) is 0 Å². The standard InChI is InChI=1S/C16H24N2O2/c1-4-15(19)11-13-5-6-14(12-16(13)17(2)3)18-7-9-20-10-8-18/h5-6,12H,4,7-11H2,1-3H3. The van der Waals surface area contributed by atoms with E-state index in [0.29, 0.717) is 12.8 Å². The molecule has 1 fully saturated rings. The van der Waals surface area contributed by atoms with Crippen LogP contribution < -0.4 is 9.80 Å². The van der Waals surface area contributed by atoms with Gasteiger partial charge in [0.1, 0.15) is 5.78 Å². The number of anilines is 2. The topological polar surface area (TPSA) is 32.8 Å². The third kappa shape index (κ3) is 3.51. The number of nitrogens with zero attached hydrogens (tertiary/aromatic N) is 2. The van der Waals surface area contributed by atoms with Gasteiger partial charge in [0.25, 0.3) is 0 Å². The highest BCUT2D eigenvalue weighted by Gasteiger charge is 2.15. The molecule has 0 N–H and O–H groups in total. The van der Waals surface area contributed by atoms with Gasteiger partial charge < -0.3 is 14.5 Å². The maximum Gasteiger partial charge on any atom is 0.137 e. The second kappa shape index (κ2) is 6.75. The van der Waals surface area contributed by atoms with Crippen molar-refractivity contribution in [2.24, 2.45) is 0 Å². The number of carbonyl (C=O) groups is 1. The first kappa shape index (κ1) is 14.9. The lowest BCUT2D eigenvalue weighted by Gasteiger charge is -2.30. The Balaban J connectivity index is 2.24. The zero-order chi connectivity index (χ0) is 14.5. The van der Waals surface area contributed by atoms with Crippen molar-refractivity contribution in [2.45, 2.75) is 19.8 Å². The molecule has 0 amide bonds. The van der Waals surface area contributed by atoms with Crippen molar-refractivity contribution in [3.05, 3.63) is 23.8 Å². The summed E-state index contributed by atoms with van der Waals surface area (Å²) in [6, 6.07) is 6.40. The molecule has 0 spiro atoms. The Bertz CT molecular complexity index is 466. The molecule has 4 nitrogen and oxygen atoms in total. The fourth-order valence-corrected chi connectivity index (χ4v) is 2.47. The minimum Gasteiger partial charge on any atom is -0.378 e. The van der Waals surface area contributed by atoms with Gasteiger partial charge in [-0.05, 0) is 17.7 Å². The van der Waals surface area contributed by atoms with Crippen molar-refractivity contribution < 1.29 is 9.53 Å². The summed E-state index contributed by atoms with van der Waals surface area (Å²) in [5.74, 6) is 0.284. The predicted molar refractivity (Wildman–Crippen MR) is 82.8 cm³/mol. The molecule has 0 unspecified atom stereocenters. The molecule has 1 aromatic carbocycles. The SMILES string of the molecule is CCC(=O)Cc1ccc(N2CCOCC2)cc1N(C)C. The first-order valence-electron chi connectivity index (χ1n) is 7.26. The largest absolute Gasteiger partial charge is 0.378 e. The fourth-order valence-electron chi connectivity index (χ4n) is 2.47. The number of hydrogen-bond acceptors (Lipinski definition) is 4. The highest BCUT2D eigenvalue weighted by atomic mass is 16.5. The summed E-state index contributed by atoms with van der Waals surface area (Å²) in [5, 5.41) is 0.